The van der Waals surface area contributed by atoms with Crippen molar-refractivity contribution in [1.82, 2.24) is 19.9 Å². The quantitative estimate of drug-likeness (QED) is 0.917. The van der Waals surface area contributed by atoms with Gasteiger partial charge < -0.3 is 15.5 Å². The summed E-state index contributed by atoms with van der Waals surface area (Å²) < 4.78 is 0. The number of pyridine rings is 1. The van der Waals surface area contributed by atoms with Crippen molar-refractivity contribution in [3.63, 3.8) is 0 Å². The smallest absolute Gasteiger partial charge is 0.228 e. The van der Waals surface area contributed by atoms with E-state index in [1.54, 1.807) is 0 Å². The highest BCUT2D eigenvalue weighted by Gasteiger charge is 2.18. The summed E-state index contributed by atoms with van der Waals surface area (Å²) in [5, 5.41) is 0.909. The zero-order chi connectivity index (χ0) is 14.8. The minimum atomic E-state index is 0.550. The average Bonchev–Trinajstić information content (AvgIpc) is 2.49. The first kappa shape index (κ1) is 14.0. The molecule has 1 fully saturated rings. The number of hydrogen-bond donors (Lipinski definition) is 1. The number of hydrogen-bond acceptors (Lipinski definition) is 6. The SMILES string of the molecule is CCCc1cc2c(N)nc(N3CCN(C)CC3)nc2cn1. The van der Waals surface area contributed by atoms with Gasteiger partial charge >= 0.3 is 0 Å². The van der Waals surface area contributed by atoms with Gasteiger partial charge in [-0.3, -0.25) is 4.98 Å². The van der Waals surface area contributed by atoms with Crippen LogP contribution in [0.4, 0.5) is 11.8 Å². The van der Waals surface area contributed by atoms with Gasteiger partial charge in [-0.05, 0) is 19.5 Å². The van der Waals surface area contributed by atoms with Gasteiger partial charge in [0.15, 0.2) is 0 Å². The first-order chi connectivity index (χ1) is 10.2. The second kappa shape index (κ2) is 5.81. The van der Waals surface area contributed by atoms with Gasteiger partial charge in [0.1, 0.15) is 5.82 Å². The van der Waals surface area contributed by atoms with E-state index in [2.05, 4.69) is 38.7 Å². The zero-order valence-electron chi connectivity index (χ0n) is 12.7. The lowest BCUT2D eigenvalue weighted by Crippen LogP contribution is -2.45. The Labute approximate surface area is 125 Å². The summed E-state index contributed by atoms with van der Waals surface area (Å²) in [5.74, 6) is 1.27. The van der Waals surface area contributed by atoms with Gasteiger partial charge in [0, 0.05) is 37.3 Å². The van der Waals surface area contributed by atoms with Gasteiger partial charge in [-0.15, -0.1) is 0 Å². The Morgan fingerprint density at radius 3 is 2.67 bits per heavy atom. The summed E-state index contributed by atoms with van der Waals surface area (Å²) >= 11 is 0. The van der Waals surface area contributed by atoms with Crippen LogP contribution in [0, 0.1) is 0 Å². The van der Waals surface area contributed by atoms with Crippen LogP contribution in [0.15, 0.2) is 12.3 Å². The van der Waals surface area contributed by atoms with E-state index in [1.165, 1.54) is 0 Å². The van der Waals surface area contributed by atoms with Gasteiger partial charge in [-0.25, -0.2) is 4.98 Å². The Kier molecular flexibility index (Phi) is 3.88. The molecular weight excluding hydrogens is 264 g/mol. The van der Waals surface area contributed by atoms with Crippen LogP contribution >= 0.6 is 0 Å². The van der Waals surface area contributed by atoms with E-state index in [4.69, 9.17) is 5.73 Å². The molecule has 0 saturated carbocycles. The van der Waals surface area contributed by atoms with E-state index >= 15 is 0 Å². The largest absolute Gasteiger partial charge is 0.383 e. The van der Waals surface area contributed by atoms with Crippen molar-refractivity contribution in [1.29, 1.82) is 0 Å². The van der Waals surface area contributed by atoms with Crippen molar-refractivity contribution in [2.24, 2.45) is 0 Å². The molecule has 0 amide bonds. The van der Waals surface area contributed by atoms with Crippen molar-refractivity contribution in [2.75, 3.05) is 43.9 Å². The molecule has 21 heavy (non-hydrogen) atoms. The number of aromatic nitrogens is 3. The minimum Gasteiger partial charge on any atom is -0.383 e. The fourth-order valence-electron chi connectivity index (χ4n) is 2.63. The van der Waals surface area contributed by atoms with E-state index < -0.39 is 0 Å². The number of fused-ring (bicyclic) bond motifs is 1. The predicted octanol–water partition coefficient (Wildman–Crippen LogP) is 1.31. The number of aryl methyl sites for hydroxylation is 1. The first-order valence-corrected chi connectivity index (χ1v) is 7.53. The van der Waals surface area contributed by atoms with E-state index in [0.29, 0.717) is 5.82 Å². The molecule has 0 aromatic carbocycles. The van der Waals surface area contributed by atoms with Crippen LogP contribution in [-0.2, 0) is 6.42 Å². The standard InChI is InChI=1S/C15H22N6/c1-3-4-11-9-12-13(10-17-11)18-15(19-14(12)16)21-7-5-20(2)6-8-21/h9-10H,3-8H2,1-2H3,(H2,16,18,19). The highest BCUT2D eigenvalue weighted by Crippen LogP contribution is 2.22. The first-order valence-electron chi connectivity index (χ1n) is 7.53. The average molecular weight is 286 g/mol. The maximum absolute atomic E-state index is 6.14. The highest BCUT2D eigenvalue weighted by molar-refractivity contribution is 5.88. The van der Waals surface area contributed by atoms with E-state index in [0.717, 1.165) is 61.6 Å². The third-order valence-electron chi connectivity index (χ3n) is 3.95. The molecule has 0 spiro atoms. The van der Waals surface area contributed by atoms with Crippen LogP contribution in [0.25, 0.3) is 10.9 Å². The normalized spacial score (nSPS) is 16.6. The molecule has 2 N–H and O–H groups in total. The lowest BCUT2D eigenvalue weighted by molar-refractivity contribution is 0.311. The van der Waals surface area contributed by atoms with E-state index in [-0.39, 0.29) is 0 Å². The van der Waals surface area contributed by atoms with Gasteiger partial charge in [0.25, 0.3) is 0 Å². The predicted molar refractivity (Wildman–Crippen MR) is 85.5 cm³/mol. The maximum Gasteiger partial charge on any atom is 0.228 e. The molecule has 6 nitrogen and oxygen atoms in total. The molecule has 0 aliphatic carbocycles. The second-order valence-electron chi connectivity index (χ2n) is 5.64. The van der Waals surface area contributed by atoms with Gasteiger partial charge in [-0.2, -0.15) is 4.98 Å². The number of nitrogens with two attached hydrogens (primary N) is 1. The van der Waals surface area contributed by atoms with Gasteiger partial charge in [-0.1, -0.05) is 13.3 Å². The number of rotatable bonds is 3. The van der Waals surface area contributed by atoms with Crippen LogP contribution in [0.2, 0.25) is 0 Å². The maximum atomic E-state index is 6.14. The molecule has 3 rings (SSSR count). The van der Waals surface area contributed by atoms with Crippen molar-refractivity contribution in [2.45, 2.75) is 19.8 Å². The van der Waals surface area contributed by atoms with Crippen molar-refractivity contribution >= 4 is 22.7 Å². The molecule has 1 aliphatic heterocycles. The lowest BCUT2D eigenvalue weighted by atomic mass is 10.2. The van der Waals surface area contributed by atoms with Crippen LogP contribution in [0.1, 0.15) is 19.0 Å². The number of piperazine rings is 1. The molecule has 3 heterocycles. The lowest BCUT2D eigenvalue weighted by Gasteiger charge is -2.32. The molecule has 6 heteroatoms. The highest BCUT2D eigenvalue weighted by atomic mass is 15.3. The minimum absolute atomic E-state index is 0.550. The number of likely N-dealkylation sites (N-methyl/N-ethyl adjacent to an activating group) is 1. The van der Waals surface area contributed by atoms with Crippen LogP contribution in [0.5, 0.6) is 0 Å². The summed E-state index contributed by atoms with van der Waals surface area (Å²) in [7, 11) is 2.13. The van der Waals surface area contributed by atoms with Gasteiger partial charge in [0.2, 0.25) is 5.95 Å². The summed E-state index contributed by atoms with van der Waals surface area (Å²) in [4.78, 5) is 18.1. The number of anilines is 2. The Morgan fingerprint density at radius 1 is 1.19 bits per heavy atom. The second-order valence-corrected chi connectivity index (χ2v) is 5.64. The molecule has 2 aromatic heterocycles. The van der Waals surface area contributed by atoms with E-state index in [1.807, 2.05) is 12.3 Å². The Hall–Kier alpha value is -1.95. The third-order valence-corrected chi connectivity index (χ3v) is 3.95. The Bertz CT molecular complexity index is 633. The van der Waals surface area contributed by atoms with Gasteiger partial charge in [0.05, 0.1) is 11.7 Å². The van der Waals surface area contributed by atoms with Crippen LogP contribution in [-0.4, -0.2) is 53.1 Å². The summed E-state index contributed by atoms with van der Waals surface area (Å²) in [5.41, 5.74) is 8.02. The molecule has 1 saturated heterocycles. The van der Waals surface area contributed by atoms with E-state index in [9.17, 15) is 0 Å². The van der Waals surface area contributed by atoms with Crippen molar-refractivity contribution < 1.29 is 0 Å². The monoisotopic (exact) mass is 286 g/mol. The zero-order valence-corrected chi connectivity index (χ0v) is 12.7. The molecule has 1 aliphatic rings. The summed E-state index contributed by atoms with van der Waals surface area (Å²) in [6, 6.07) is 2.02. The van der Waals surface area contributed by atoms with Crippen molar-refractivity contribution in [3.05, 3.63) is 18.0 Å². The molecule has 112 valence electrons. The third kappa shape index (κ3) is 2.90. The molecule has 0 bridgehead atoms. The number of nitrogen functional groups attached to an aromatic ring is 1. The molecule has 2 aromatic rings. The van der Waals surface area contributed by atoms with Crippen LogP contribution < -0.4 is 10.6 Å². The van der Waals surface area contributed by atoms with Crippen LogP contribution in [0.3, 0.4) is 0 Å². The molecule has 0 unspecified atom stereocenters. The molecule has 0 atom stereocenters. The summed E-state index contributed by atoms with van der Waals surface area (Å²) in [6.07, 6.45) is 3.84. The number of nitrogens with zero attached hydrogens (tertiary/aromatic N) is 5. The Morgan fingerprint density at radius 2 is 1.95 bits per heavy atom. The Balaban J connectivity index is 1.93. The molecular formula is C15H22N6. The van der Waals surface area contributed by atoms with Crippen molar-refractivity contribution in [3.8, 4) is 0 Å². The molecule has 0 radical (unpaired) electrons. The summed E-state index contributed by atoms with van der Waals surface area (Å²) in [6.45, 7) is 6.05. The topological polar surface area (TPSA) is 71.2 Å². The fraction of sp³-hybridized carbons (Fsp3) is 0.533. The fourth-order valence-corrected chi connectivity index (χ4v) is 2.63.